The molecule has 0 saturated heterocycles. The van der Waals surface area contributed by atoms with Gasteiger partial charge in [-0.15, -0.1) is 0 Å². The summed E-state index contributed by atoms with van der Waals surface area (Å²) in [7, 11) is 4.78. The minimum absolute atomic E-state index is 1.11. The van der Waals surface area contributed by atoms with Gasteiger partial charge in [-0.3, -0.25) is 0 Å². The van der Waals surface area contributed by atoms with Gasteiger partial charge in [-0.25, -0.2) is 0 Å². The standard InChI is InChI=1S/C29H54N/c1-6-7-8-9-10-11-12-13-14-15-16-17-18-19-20-21-22-30(4,5)26-29-24-27(2)23-28(3)25-29/h23-25H,6-22,26H2,1-5H3/q+1. The van der Waals surface area contributed by atoms with E-state index in [0.29, 0.717) is 0 Å². The summed E-state index contributed by atoms with van der Waals surface area (Å²) in [6, 6.07) is 7.00. The molecule has 0 aromatic heterocycles. The first kappa shape index (κ1) is 27.2. The fraction of sp³-hybridized carbons (Fsp3) is 0.793. The van der Waals surface area contributed by atoms with E-state index in [4.69, 9.17) is 0 Å². The summed E-state index contributed by atoms with van der Waals surface area (Å²) < 4.78 is 1.11. The fourth-order valence-electron chi connectivity index (χ4n) is 4.82. The third kappa shape index (κ3) is 15.1. The van der Waals surface area contributed by atoms with Gasteiger partial charge in [0, 0.05) is 5.56 Å². The van der Waals surface area contributed by atoms with Crippen LogP contribution in [0.1, 0.15) is 126 Å². The second kappa shape index (κ2) is 16.8. The van der Waals surface area contributed by atoms with Gasteiger partial charge in [0.15, 0.2) is 0 Å². The van der Waals surface area contributed by atoms with Crippen molar-refractivity contribution in [1.29, 1.82) is 0 Å². The average Bonchev–Trinajstić information content (AvgIpc) is 2.66. The Kier molecular flexibility index (Phi) is 15.3. The lowest BCUT2D eigenvalue weighted by Gasteiger charge is -2.30. The van der Waals surface area contributed by atoms with Crippen LogP contribution < -0.4 is 0 Å². The smallest absolute Gasteiger partial charge is 0.104 e. The predicted molar refractivity (Wildman–Crippen MR) is 136 cm³/mol. The number of hydrogen-bond acceptors (Lipinski definition) is 0. The van der Waals surface area contributed by atoms with Gasteiger partial charge in [0.05, 0.1) is 20.6 Å². The van der Waals surface area contributed by atoms with E-state index in [2.05, 4.69) is 53.1 Å². The Morgan fingerprint density at radius 3 is 1.30 bits per heavy atom. The predicted octanol–water partition coefficient (Wildman–Crippen LogP) is 9.14. The van der Waals surface area contributed by atoms with E-state index < -0.39 is 0 Å². The second-order valence-electron chi connectivity index (χ2n) is 10.6. The summed E-state index contributed by atoms with van der Waals surface area (Å²) in [5, 5.41) is 0. The van der Waals surface area contributed by atoms with Gasteiger partial charge in [0.25, 0.3) is 0 Å². The molecule has 174 valence electrons. The Morgan fingerprint density at radius 2 is 0.900 bits per heavy atom. The van der Waals surface area contributed by atoms with Crippen LogP contribution in [0, 0.1) is 13.8 Å². The van der Waals surface area contributed by atoms with Gasteiger partial charge in [0.2, 0.25) is 0 Å². The van der Waals surface area contributed by atoms with Crippen molar-refractivity contribution >= 4 is 0 Å². The molecule has 0 amide bonds. The number of hydrogen-bond donors (Lipinski definition) is 0. The quantitative estimate of drug-likeness (QED) is 0.156. The number of aryl methyl sites for hydroxylation is 2. The van der Waals surface area contributed by atoms with Crippen molar-refractivity contribution in [3.63, 3.8) is 0 Å². The van der Waals surface area contributed by atoms with Crippen LogP contribution in [0.15, 0.2) is 18.2 Å². The molecule has 30 heavy (non-hydrogen) atoms. The van der Waals surface area contributed by atoms with Crippen LogP contribution in [0.5, 0.6) is 0 Å². The maximum atomic E-state index is 2.39. The Labute approximate surface area is 190 Å². The third-order valence-electron chi connectivity index (χ3n) is 6.51. The van der Waals surface area contributed by atoms with Crippen molar-refractivity contribution in [2.75, 3.05) is 20.6 Å². The van der Waals surface area contributed by atoms with Crippen molar-refractivity contribution in [3.05, 3.63) is 34.9 Å². The zero-order valence-electron chi connectivity index (χ0n) is 21.4. The summed E-state index contributed by atoms with van der Waals surface area (Å²) >= 11 is 0. The Hall–Kier alpha value is -0.820. The number of unbranched alkanes of at least 4 members (excludes halogenated alkanes) is 15. The molecule has 0 aliphatic rings. The molecule has 0 fully saturated rings. The largest absolute Gasteiger partial charge is 0.325 e. The first-order valence-corrected chi connectivity index (χ1v) is 13.3. The highest BCUT2D eigenvalue weighted by atomic mass is 15.3. The molecule has 0 radical (unpaired) electrons. The molecule has 0 spiro atoms. The van der Waals surface area contributed by atoms with E-state index >= 15 is 0 Å². The van der Waals surface area contributed by atoms with Crippen LogP contribution in [-0.4, -0.2) is 25.1 Å². The van der Waals surface area contributed by atoms with Crippen molar-refractivity contribution in [3.8, 4) is 0 Å². The van der Waals surface area contributed by atoms with Crippen molar-refractivity contribution in [1.82, 2.24) is 0 Å². The number of quaternary nitrogens is 1. The molecule has 1 aromatic carbocycles. The molecule has 0 saturated carbocycles. The average molecular weight is 417 g/mol. The molecule has 0 N–H and O–H groups in total. The van der Waals surface area contributed by atoms with Crippen molar-refractivity contribution < 1.29 is 4.48 Å². The normalized spacial score (nSPS) is 11.9. The monoisotopic (exact) mass is 416 g/mol. The van der Waals surface area contributed by atoms with E-state index in [1.165, 1.54) is 126 Å². The van der Waals surface area contributed by atoms with Gasteiger partial charge in [-0.2, -0.15) is 0 Å². The lowest BCUT2D eigenvalue weighted by Crippen LogP contribution is -2.39. The van der Waals surface area contributed by atoms with Crippen LogP contribution in [0.2, 0.25) is 0 Å². The zero-order valence-corrected chi connectivity index (χ0v) is 21.4. The molecule has 0 aliphatic heterocycles. The molecular weight excluding hydrogens is 362 g/mol. The number of rotatable bonds is 19. The van der Waals surface area contributed by atoms with E-state index in [9.17, 15) is 0 Å². The topological polar surface area (TPSA) is 0 Å². The zero-order chi connectivity index (χ0) is 22.1. The third-order valence-corrected chi connectivity index (χ3v) is 6.51. The maximum Gasteiger partial charge on any atom is 0.104 e. The molecule has 1 nitrogen and oxygen atoms in total. The van der Waals surface area contributed by atoms with E-state index in [1.54, 1.807) is 0 Å². The highest BCUT2D eigenvalue weighted by molar-refractivity contribution is 5.27. The van der Waals surface area contributed by atoms with E-state index in [-0.39, 0.29) is 0 Å². The number of benzene rings is 1. The molecule has 0 bridgehead atoms. The molecular formula is C29H54N+. The SMILES string of the molecule is CCCCCCCCCCCCCCCCCC[N+](C)(C)Cc1cc(C)cc(C)c1. The van der Waals surface area contributed by atoms with Crippen LogP contribution in [0.25, 0.3) is 0 Å². The van der Waals surface area contributed by atoms with E-state index in [1.807, 2.05) is 0 Å². The molecule has 1 rings (SSSR count). The summed E-state index contributed by atoms with van der Waals surface area (Å²) in [5.74, 6) is 0. The molecule has 1 heteroatoms. The summed E-state index contributed by atoms with van der Waals surface area (Å²) in [5.41, 5.74) is 4.29. The highest BCUT2D eigenvalue weighted by Crippen LogP contribution is 2.17. The van der Waals surface area contributed by atoms with Gasteiger partial charge >= 0.3 is 0 Å². The van der Waals surface area contributed by atoms with E-state index in [0.717, 1.165) is 11.0 Å². The second-order valence-corrected chi connectivity index (χ2v) is 10.6. The minimum atomic E-state index is 1.11. The Morgan fingerprint density at radius 1 is 0.533 bits per heavy atom. The lowest BCUT2D eigenvalue weighted by molar-refractivity contribution is -0.903. The van der Waals surface area contributed by atoms with Gasteiger partial charge < -0.3 is 4.48 Å². The first-order chi connectivity index (χ1) is 14.4. The highest BCUT2D eigenvalue weighted by Gasteiger charge is 2.15. The first-order valence-electron chi connectivity index (χ1n) is 13.3. The molecule has 0 atom stereocenters. The summed E-state index contributed by atoms with van der Waals surface area (Å²) in [4.78, 5) is 0. The molecule has 0 aliphatic carbocycles. The van der Waals surface area contributed by atoms with Crippen LogP contribution in [0.4, 0.5) is 0 Å². The van der Waals surface area contributed by atoms with Gasteiger partial charge in [0.1, 0.15) is 6.54 Å². The van der Waals surface area contributed by atoms with Crippen molar-refractivity contribution in [2.45, 2.75) is 130 Å². The number of nitrogens with zero attached hydrogens (tertiary/aromatic N) is 1. The molecule has 1 aromatic rings. The van der Waals surface area contributed by atoms with Gasteiger partial charge in [-0.05, 0) is 26.7 Å². The van der Waals surface area contributed by atoms with Crippen LogP contribution in [0.3, 0.4) is 0 Å². The van der Waals surface area contributed by atoms with Crippen LogP contribution >= 0.6 is 0 Å². The molecule has 0 unspecified atom stereocenters. The van der Waals surface area contributed by atoms with Crippen LogP contribution in [-0.2, 0) is 6.54 Å². The van der Waals surface area contributed by atoms with Crippen molar-refractivity contribution in [2.24, 2.45) is 0 Å². The minimum Gasteiger partial charge on any atom is -0.325 e. The Bertz CT molecular complexity index is 511. The molecule has 0 heterocycles. The maximum absolute atomic E-state index is 2.39. The summed E-state index contributed by atoms with van der Waals surface area (Å²) in [6.45, 7) is 9.18. The lowest BCUT2D eigenvalue weighted by atomic mass is 10.0. The fourth-order valence-corrected chi connectivity index (χ4v) is 4.82. The van der Waals surface area contributed by atoms with Gasteiger partial charge in [-0.1, -0.05) is 126 Å². The Balaban J connectivity index is 1.92. The summed E-state index contributed by atoms with van der Waals surface area (Å²) in [6.07, 6.45) is 23.1.